The lowest BCUT2D eigenvalue weighted by atomic mass is 10.1. The number of nitrogens with zero attached hydrogens (tertiary/aromatic N) is 1. The fourth-order valence-electron chi connectivity index (χ4n) is 1.08. The van der Waals surface area contributed by atoms with Crippen molar-refractivity contribution in [3.8, 4) is 6.07 Å². The van der Waals surface area contributed by atoms with Crippen molar-refractivity contribution in [2.45, 2.75) is 13.8 Å². The maximum atomic E-state index is 8.39. The van der Waals surface area contributed by atoms with Crippen molar-refractivity contribution in [1.29, 1.82) is 5.26 Å². The minimum Gasteiger partial charge on any atom is -0.363 e. The molecule has 0 saturated heterocycles. The standard InChI is InChI=1S/C9H10N2/c1-7-5-9(3-4-10)6-8(2)11-7/h3,5-6,11H,1-2H3. The number of nitriles is 1. The van der Waals surface area contributed by atoms with Gasteiger partial charge in [0.25, 0.3) is 0 Å². The minimum absolute atomic E-state index is 0.959. The quantitative estimate of drug-likeness (QED) is 0.529. The molecule has 56 valence electrons. The van der Waals surface area contributed by atoms with Crippen LogP contribution in [-0.4, -0.2) is 0 Å². The second-order valence-electron chi connectivity index (χ2n) is 2.55. The van der Waals surface area contributed by atoms with Crippen molar-refractivity contribution in [3.63, 3.8) is 0 Å². The number of hydrogen-bond acceptors (Lipinski definition) is 2. The molecule has 0 aromatic rings. The van der Waals surface area contributed by atoms with Crippen molar-refractivity contribution in [2.75, 3.05) is 0 Å². The summed E-state index contributed by atoms with van der Waals surface area (Å²) in [7, 11) is 0. The molecule has 11 heavy (non-hydrogen) atoms. The fourth-order valence-corrected chi connectivity index (χ4v) is 1.08. The number of allylic oxidation sites excluding steroid dienone is 6. The zero-order chi connectivity index (χ0) is 8.27. The summed E-state index contributed by atoms with van der Waals surface area (Å²) < 4.78 is 0. The van der Waals surface area contributed by atoms with Crippen molar-refractivity contribution < 1.29 is 0 Å². The summed E-state index contributed by atoms with van der Waals surface area (Å²) in [5.41, 5.74) is 3.11. The first-order chi connectivity index (χ1) is 5.22. The van der Waals surface area contributed by atoms with E-state index in [-0.39, 0.29) is 0 Å². The molecular formula is C9H10N2. The maximum Gasteiger partial charge on any atom is 0.0918 e. The Morgan fingerprint density at radius 3 is 2.36 bits per heavy atom. The van der Waals surface area contributed by atoms with Crippen LogP contribution >= 0.6 is 0 Å². The van der Waals surface area contributed by atoms with Gasteiger partial charge in [0, 0.05) is 17.5 Å². The molecule has 0 aromatic carbocycles. The average Bonchev–Trinajstić information content (AvgIpc) is 1.85. The Kier molecular flexibility index (Phi) is 2.12. The lowest BCUT2D eigenvalue weighted by Gasteiger charge is -2.12. The summed E-state index contributed by atoms with van der Waals surface area (Å²) in [6, 6.07) is 2.00. The van der Waals surface area contributed by atoms with Crippen LogP contribution in [0.15, 0.2) is 35.2 Å². The molecule has 1 rings (SSSR count). The van der Waals surface area contributed by atoms with Crippen LogP contribution in [0.4, 0.5) is 0 Å². The van der Waals surface area contributed by atoms with E-state index >= 15 is 0 Å². The summed E-state index contributed by atoms with van der Waals surface area (Å²) in [6.07, 6.45) is 5.42. The van der Waals surface area contributed by atoms with E-state index in [0.717, 1.165) is 17.0 Å². The Balaban J connectivity index is 2.92. The summed E-state index contributed by atoms with van der Waals surface area (Å²) >= 11 is 0. The van der Waals surface area contributed by atoms with Gasteiger partial charge in [0.1, 0.15) is 0 Å². The van der Waals surface area contributed by atoms with Gasteiger partial charge in [0.2, 0.25) is 0 Å². The van der Waals surface area contributed by atoms with Crippen LogP contribution in [0, 0.1) is 11.3 Å². The third-order valence-electron chi connectivity index (χ3n) is 1.39. The normalized spacial score (nSPS) is 15.9. The molecule has 1 N–H and O–H groups in total. The van der Waals surface area contributed by atoms with Crippen molar-refractivity contribution in [3.05, 3.63) is 35.2 Å². The molecule has 0 fully saturated rings. The van der Waals surface area contributed by atoms with Crippen LogP contribution < -0.4 is 5.32 Å². The molecule has 0 radical (unpaired) electrons. The predicted octanol–water partition coefficient (Wildman–Crippen LogP) is 1.85. The van der Waals surface area contributed by atoms with Crippen molar-refractivity contribution in [2.24, 2.45) is 0 Å². The highest BCUT2D eigenvalue weighted by molar-refractivity contribution is 5.41. The van der Waals surface area contributed by atoms with Crippen molar-refractivity contribution in [1.82, 2.24) is 5.32 Å². The molecule has 0 amide bonds. The van der Waals surface area contributed by atoms with Crippen LogP contribution in [0.1, 0.15) is 13.8 Å². The van der Waals surface area contributed by atoms with Gasteiger partial charge in [-0.05, 0) is 31.6 Å². The Morgan fingerprint density at radius 1 is 1.36 bits per heavy atom. The van der Waals surface area contributed by atoms with Gasteiger partial charge in [-0.25, -0.2) is 0 Å². The first-order valence-electron chi connectivity index (χ1n) is 3.46. The number of dihydropyridines is 1. The van der Waals surface area contributed by atoms with Gasteiger partial charge in [0.15, 0.2) is 0 Å². The molecule has 0 unspecified atom stereocenters. The number of nitrogens with one attached hydrogen (secondary N) is 1. The third kappa shape index (κ3) is 1.98. The highest BCUT2D eigenvalue weighted by Crippen LogP contribution is 2.11. The highest BCUT2D eigenvalue weighted by atomic mass is 14.9. The summed E-state index contributed by atoms with van der Waals surface area (Å²) in [5, 5.41) is 11.5. The van der Waals surface area contributed by atoms with Crippen LogP contribution in [-0.2, 0) is 0 Å². The summed E-state index contributed by atoms with van der Waals surface area (Å²) in [5.74, 6) is 0. The van der Waals surface area contributed by atoms with Gasteiger partial charge >= 0.3 is 0 Å². The zero-order valence-corrected chi connectivity index (χ0v) is 6.68. The first-order valence-corrected chi connectivity index (χ1v) is 3.46. The van der Waals surface area contributed by atoms with E-state index in [1.165, 1.54) is 6.08 Å². The van der Waals surface area contributed by atoms with E-state index in [9.17, 15) is 0 Å². The smallest absolute Gasteiger partial charge is 0.0918 e. The van der Waals surface area contributed by atoms with Gasteiger partial charge in [-0.2, -0.15) is 5.26 Å². The van der Waals surface area contributed by atoms with Crippen LogP contribution in [0.25, 0.3) is 0 Å². The largest absolute Gasteiger partial charge is 0.363 e. The molecule has 0 aromatic heterocycles. The van der Waals surface area contributed by atoms with E-state index in [2.05, 4.69) is 5.32 Å². The SMILES string of the molecule is CC1=CC(=CC#N)C=C(C)N1. The van der Waals surface area contributed by atoms with Crippen LogP contribution in [0.5, 0.6) is 0 Å². The molecule has 1 aliphatic rings. The van der Waals surface area contributed by atoms with Gasteiger partial charge in [-0.1, -0.05) is 0 Å². The van der Waals surface area contributed by atoms with Gasteiger partial charge in [-0.3, -0.25) is 0 Å². The molecule has 1 heterocycles. The highest BCUT2D eigenvalue weighted by Gasteiger charge is 1.99. The summed E-state index contributed by atoms with van der Waals surface area (Å²) in [4.78, 5) is 0. The van der Waals surface area contributed by atoms with E-state index in [1.54, 1.807) is 0 Å². The van der Waals surface area contributed by atoms with E-state index in [0.29, 0.717) is 0 Å². The Bertz CT molecular complexity index is 267. The van der Waals surface area contributed by atoms with Gasteiger partial charge in [0.05, 0.1) is 6.07 Å². The molecule has 0 atom stereocenters. The molecule has 0 saturated carbocycles. The lowest BCUT2D eigenvalue weighted by molar-refractivity contribution is 0.948. The second-order valence-corrected chi connectivity index (χ2v) is 2.55. The fraction of sp³-hybridized carbons (Fsp3) is 0.222. The third-order valence-corrected chi connectivity index (χ3v) is 1.39. The topological polar surface area (TPSA) is 35.8 Å². The van der Waals surface area contributed by atoms with Gasteiger partial charge < -0.3 is 5.32 Å². The second kappa shape index (κ2) is 3.07. The summed E-state index contributed by atoms with van der Waals surface area (Å²) in [6.45, 7) is 3.95. The molecule has 2 nitrogen and oxygen atoms in total. The predicted molar refractivity (Wildman–Crippen MR) is 44.3 cm³/mol. The lowest BCUT2D eigenvalue weighted by Crippen LogP contribution is -2.11. The molecule has 2 heteroatoms. The number of hydrogen-bond donors (Lipinski definition) is 1. The van der Waals surface area contributed by atoms with E-state index < -0.39 is 0 Å². The Labute approximate surface area is 66.5 Å². The molecular weight excluding hydrogens is 136 g/mol. The van der Waals surface area contributed by atoms with E-state index in [4.69, 9.17) is 5.26 Å². The average molecular weight is 146 g/mol. The molecule has 1 aliphatic heterocycles. The zero-order valence-electron chi connectivity index (χ0n) is 6.68. The Morgan fingerprint density at radius 2 is 1.91 bits per heavy atom. The number of rotatable bonds is 0. The van der Waals surface area contributed by atoms with Crippen LogP contribution in [0.2, 0.25) is 0 Å². The monoisotopic (exact) mass is 146 g/mol. The van der Waals surface area contributed by atoms with E-state index in [1.807, 2.05) is 32.1 Å². The van der Waals surface area contributed by atoms with Crippen LogP contribution in [0.3, 0.4) is 0 Å². The van der Waals surface area contributed by atoms with Gasteiger partial charge in [-0.15, -0.1) is 0 Å². The molecule has 0 aliphatic carbocycles. The minimum atomic E-state index is 0.959. The molecule has 0 spiro atoms. The Hall–Kier alpha value is -1.49. The molecule has 0 bridgehead atoms. The maximum absolute atomic E-state index is 8.39. The first kappa shape index (κ1) is 7.62. The van der Waals surface area contributed by atoms with Crippen molar-refractivity contribution >= 4 is 0 Å².